The molecule has 90 valence electrons. The highest BCUT2D eigenvalue weighted by atomic mass is 19.4. The monoisotopic (exact) mass is 243 g/mol. The van der Waals surface area contributed by atoms with Crippen molar-refractivity contribution >= 4 is 10.9 Å². The molecule has 0 atom stereocenters. The molecule has 1 aromatic carbocycles. The lowest BCUT2D eigenvalue weighted by Gasteiger charge is -2.13. The summed E-state index contributed by atoms with van der Waals surface area (Å²) in [6.07, 6.45) is -4.56. The van der Waals surface area contributed by atoms with Crippen LogP contribution in [0.2, 0.25) is 0 Å². The normalized spacial score (nSPS) is 11.8. The van der Waals surface area contributed by atoms with Crippen LogP contribution in [0.25, 0.3) is 10.9 Å². The topological polar surface area (TPSA) is 31.2 Å². The van der Waals surface area contributed by atoms with E-state index < -0.39 is 17.3 Å². The van der Waals surface area contributed by atoms with Crippen LogP contribution in [0.1, 0.15) is 5.56 Å². The van der Waals surface area contributed by atoms with E-state index in [0.29, 0.717) is 6.07 Å². The van der Waals surface area contributed by atoms with Crippen molar-refractivity contribution in [3.05, 3.63) is 46.2 Å². The van der Waals surface area contributed by atoms with Gasteiger partial charge in [0, 0.05) is 11.5 Å². The average molecular weight is 243 g/mol. The molecule has 0 spiro atoms. The number of halogens is 3. The van der Waals surface area contributed by atoms with E-state index in [0.717, 1.165) is 4.73 Å². The summed E-state index contributed by atoms with van der Waals surface area (Å²) in [6.45, 7) is 0. The Kier molecular flexibility index (Phi) is 2.57. The van der Waals surface area contributed by atoms with Crippen LogP contribution in [0.4, 0.5) is 13.2 Å². The summed E-state index contributed by atoms with van der Waals surface area (Å²) in [4.78, 5) is 16.2. The number of alkyl halides is 3. The first kappa shape index (κ1) is 11.5. The molecule has 0 N–H and O–H groups in total. The summed E-state index contributed by atoms with van der Waals surface area (Å²) in [7, 11) is 1.22. The minimum atomic E-state index is -4.56. The summed E-state index contributed by atoms with van der Waals surface area (Å²) >= 11 is 0. The standard InChI is InChI=1S/C11H8F3NO2/c1-17-15-9-5-3-2-4-7(9)8(6-10(15)16)11(12,13)14/h2-6H,1H3. The van der Waals surface area contributed by atoms with Gasteiger partial charge < -0.3 is 4.84 Å². The van der Waals surface area contributed by atoms with Crippen molar-refractivity contribution in [3.63, 3.8) is 0 Å². The van der Waals surface area contributed by atoms with Crippen LogP contribution >= 0.6 is 0 Å². The number of nitrogens with zero attached hydrogens (tertiary/aromatic N) is 1. The molecule has 0 aliphatic heterocycles. The summed E-state index contributed by atoms with van der Waals surface area (Å²) in [5.41, 5.74) is -1.71. The fourth-order valence-corrected chi connectivity index (χ4v) is 1.68. The van der Waals surface area contributed by atoms with E-state index >= 15 is 0 Å². The lowest BCUT2D eigenvalue weighted by molar-refractivity contribution is -0.136. The fraction of sp³-hybridized carbons (Fsp3) is 0.182. The molecule has 0 bridgehead atoms. The van der Waals surface area contributed by atoms with Crippen molar-refractivity contribution in [3.8, 4) is 0 Å². The van der Waals surface area contributed by atoms with E-state index in [1.165, 1.54) is 31.4 Å². The Morgan fingerprint density at radius 1 is 1.24 bits per heavy atom. The fourth-order valence-electron chi connectivity index (χ4n) is 1.68. The summed E-state index contributed by atoms with van der Waals surface area (Å²) in [6, 6.07) is 6.24. The van der Waals surface area contributed by atoms with Crippen molar-refractivity contribution in [2.45, 2.75) is 6.18 Å². The summed E-state index contributed by atoms with van der Waals surface area (Å²) in [5.74, 6) is 0. The molecule has 1 heterocycles. The molecule has 0 fully saturated rings. The number of aromatic nitrogens is 1. The van der Waals surface area contributed by atoms with Gasteiger partial charge in [-0.1, -0.05) is 18.2 Å². The number of fused-ring (bicyclic) bond motifs is 1. The van der Waals surface area contributed by atoms with E-state index in [9.17, 15) is 18.0 Å². The zero-order chi connectivity index (χ0) is 12.6. The van der Waals surface area contributed by atoms with Gasteiger partial charge in [-0.3, -0.25) is 4.79 Å². The molecule has 0 amide bonds. The maximum Gasteiger partial charge on any atom is 0.417 e. The smallest absolute Gasteiger partial charge is 0.413 e. The Morgan fingerprint density at radius 2 is 1.88 bits per heavy atom. The van der Waals surface area contributed by atoms with Crippen molar-refractivity contribution in [2.24, 2.45) is 0 Å². The first-order valence-corrected chi connectivity index (χ1v) is 4.71. The third-order valence-electron chi connectivity index (χ3n) is 2.37. The first-order valence-electron chi connectivity index (χ1n) is 4.71. The van der Waals surface area contributed by atoms with E-state index in [2.05, 4.69) is 0 Å². The third-order valence-corrected chi connectivity index (χ3v) is 2.37. The number of hydrogen-bond acceptors (Lipinski definition) is 2. The second kappa shape index (κ2) is 3.80. The van der Waals surface area contributed by atoms with E-state index in [1.807, 2.05) is 0 Å². The van der Waals surface area contributed by atoms with Crippen molar-refractivity contribution in [1.82, 2.24) is 4.73 Å². The van der Waals surface area contributed by atoms with Gasteiger partial charge in [0.1, 0.15) is 7.11 Å². The van der Waals surface area contributed by atoms with Gasteiger partial charge in [0.05, 0.1) is 11.1 Å². The predicted molar refractivity (Wildman–Crippen MR) is 55.7 cm³/mol. The van der Waals surface area contributed by atoms with E-state index in [4.69, 9.17) is 4.84 Å². The Morgan fingerprint density at radius 3 is 2.47 bits per heavy atom. The Balaban J connectivity index is 2.94. The molecule has 2 rings (SSSR count). The van der Waals surface area contributed by atoms with Crippen LogP contribution in [0.3, 0.4) is 0 Å². The second-order valence-corrected chi connectivity index (χ2v) is 3.39. The van der Waals surface area contributed by atoms with Crippen LogP contribution in [0.15, 0.2) is 35.1 Å². The molecule has 2 aromatic rings. The Hall–Kier alpha value is -1.98. The van der Waals surface area contributed by atoms with Crippen LogP contribution in [-0.4, -0.2) is 11.8 Å². The molecule has 0 aliphatic carbocycles. The van der Waals surface area contributed by atoms with Crippen LogP contribution in [0.5, 0.6) is 0 Å². The van der Waals surface area contributed by atoms with Crippen LogP contribution in [0, 0.1) is 0 Å². The zero-order valence-corrected chi connectivity index (χ0v) is 8.78. The quantitative estimate of drug-likeness (QED) is 0.767. The maximum absolute atomic E-state index is 12.7. The van der Waals surface area contributed by atoms with Crippen molar-refractivity contribution in [1.29, 1.82) is 0 Å². The molecule has 0 radical (unpaired) electrons. The van der Waals surface area contributed by atoms with Gasteiger partial charge in [0.25, 0.3) is 5.56 Å². The third kappa shape index (κ3) is 1.86. The van der Waals surface area contributed by atoms with E-state index in [1.54, 1.807) is 0 Å². The number of rotatable bonds is 1. The molecular formula is C11H8F3NO2. The second-order valence-electron chi connectivity index (χ2n) is 3.39. The molecule has 0 saturated heterocycles. The van der Waals surface area contributed by atoms with Gasteiger partial charge in [-0.05, 0) is 6.07 Å². The highest BCUT2D eigenvalue weighted by Gasteiger charge is 2.33. The summed E-state index contributed by atoms with van der Waals surface area (Å²) < 4.78 is 39.1. The van der Waals surface area contributed by atoms with Gasteiger partial charge in [0.15, 0.2) is 0 Å². The predicted octanol–water partition coefficient (Wildman–Crippen LogP) is 2.08. The van der Waals surface area contributed by atoms with Crippen LogP contribution < -0.4 is 10.4 Å². The molecule has 0 saturated carbocycles. The average Bonchev–Trinajstić information content (AvgIpc) is 2.27. The molecule has 0 aliphatic rings. The van der Waals surface area contributed by atoms with Crippen LogP contribution in [-0.2, 0) is 6.18 Å². The van der Waals surface area contributed by atoms with Gasteiger partial charge in [-0.2, -0.15) is 13.2 Å². The van der Waals surface area contributed by atoms with Crippen molar-refractivity contribution in [2.75, 3.05) is 7.11 Å². The number of para-hydroxylation sites is 1. The Labute approximate surface area is 94.0 Å². The molecule has 0 unspecified atom stereocenters. The number of benzene rings is 1. The molecule has 6 heteroatoms. The number of hydrogen-bond donors (Lipinski definition) is 0. The van der Waals surface area contributed by atoms with Gasteiger partial charge in [-0.15, -0.1) is 4.73 Å². The minimum absolute atomic E-state index is 0.0681. The highest BCUT2D eigenvalue weighted by molar-refractivity contribution is 5.82. The molecular weight excluding hydrogens is 235 g/mol. The Bertz CT molecular complexity index is 616. The first-order chi connectivity index (χ1) is 7.95. The van der Waals surface area contributed by atoms with Gasteiger partial charge in [0.2, 0.25) is 0 Å². The molecule has 3 nitrogen and oxygen atoms in total. The minimum Gasteiger partial charge on any atom is -0.413 e. The van der Waals surface area contributed by atoms with E-state index in [-0.39, 0.29) is 10.9 Å². The van der Waals surface area contributed by atoms with Crippen molar-refractivity contribution < 1.29 is 18.0 Å². The lowest BCUT2D eigenvalue weighted by atomic mass is 10.1. The lowest BCUT2D eigenvalue weighted by Crippen LogP contribution is -2.26. The van der Waals surface area contributed by atoms with Gasteiger partial charge >= 0.3 is 6.18 Å². The molecule has 17 heavy (non-hydrogen) atoms. The largest absolute Gasteiger partial charge is 0.417 e. The highest BCUT2D eigenvalue weighted by Crippen LogP contribution is 2.33. The van der Waals surface area contributed by atoms with Gasteiger partial charge in [-0.25, -0.2) is 0 Å². The number of pyridine rings is 1. The zero-order valence-electron chi connectivity index (χ0n) is 8.78. The summed E-state index contributed by atoms with van der Waals surface area (Å²) in [5, 5.41) is -0.0681. The maximum atomic E-state index is 12.7. The SMILES string of the molecule is COn1c(=O)cc(C(F)(F)F)c2ccccc21. The molecule has 1 aromatic heterocycles.